The molecule has 0 spiro atoms. The van der Waals surface area contributed by atoms with E-state index in [1.54, 1.807) is 24.3 Å². The second-order valence-electron chi connectivity index (χ2n) is 13.5. The maximum atomic E-state index is 12.9. The van der Waals surface area contributed by atoms with Crippen LogP contribution in [0.4, 0.5) is 4.79 Å². The third-order valence-corrected chi connectivity index (χ3v) is 9.37. The van der Waals surface area contributed by atoms with E-state index in [0.29, 0.717) is 44.1 Å². The van der Waals surface area contributed by atoms with Gasteiger partial charge in [-0.15, -0.1) is 0 Å². The fourth-order valence-corrected chi connectivity index (χ4v) is 6.40. The molecule has 2 aliphatic rings. The molecule has 0 aliphatic carbocycles. The van der Waals surface area contributed by atoms with Gasteiger partial charge in [-0.1, -0.05) is 72.8 Å². The van der Waals surface area contributed by atoms with E-state index in [9.17, 15) is 14.4 Å². The first-order chi connectivity index (χ1) is 23.8. The van der Waals surface area contributed by atoms with Crippen molar-refractivity contribution in [2.75, 3.05) is 79.8 Å². The number of piperidine rings is 1. The Kier molecular flexibility index (Phi) is 13.3. The third-order valence-electron chi connectivity index (χ3n) is 9.37. The minimum absolute atomic E-state index is 0.100. The molecule has 3 aromatic rings. The molecule has 0 aromatic heterocycles. The van der Waals surface area contributed by atoms with E-state index in [1.807, 2.05) is 60.7 Å². The van der Waals surface area contributed by atoms with Crippen molar-refractivity contribution in [2.45, 2.75) is 37.8 Å². The van der Waals surface area contributed by atoms with Gasteiger partial charge in [-0.3, -0.25) is 14.5 Å². The molecule has 1 N–H and O–H groups in total. The second kappa shape index (κ2) is 18.1. The van der Waals surface area contributed by atoms with Crippen LogP contribution in [-0.4, -0.2) is 118 Å². The lowest BCUT2D eigenvalue weighted by atomic mass is 9.99. The number of ether oxygens (including phenoxy) is 3. The van der Waals surface area contributed by atoms with Crippen LogP contribution < -0.4 is 5.32 Å². The number of likely N-dealkylation sites (N-methyl/N-ethyl adjacent to an activating group) is 1. The topological polar surface area (TPSA) is 97.4 Å². The van der Waals surface area contributed by atoms with Gasteiger partial charge < -0.3 is 28.9 Å². The average Bonchev–Trinajstić information content (AvgIpc) is 3.36. The number of quaternary nitrogens is 1. The zero-order valence-corrected chi connectivity index (χ0v) is 28.9. The lowest BCUT2D eigenvalue weighted by Crippen LogP contribution is -2.43. The van der Waals surface area contributed by atoms with Crippen LogP contribution in [-0.2, 0) is 14.2 Å². The monoisotopic (exact) mass is 671 g/mol. The highest BCUT2D eigenvalue weighted by Crippen LogP contribution is 2.24. The number of imide groups is 1. The number of nitrogens with zero attached hydrogens (tertiary/aromatic N) is 3. The van der Waals surface area contributed by atoms with Crippen LogP contribution in [0.15, 0.2) is 84.9 Å². The van der Waals surface area contributed by atoms with Gasteiger partial charge in [0.1, 0.15) is 12.6 Å². The van der Waals surface area contributed by atoms with E-state index in [0.717, 1.165) is 74.0 Å². The lowest BCUT2D eigenvalue weighted by molar-refractivity contribution is -0.890. The van der Waals surface area contributed by atoms with Gasteiger partial charge in [0.25, 0.3) is 11.8 Å². The number of hydrogen-bond acceptors (Lipinski definition) is 7. The number of benzene rings is 3. The second-order valence-corrected chi connectivity index (χ2v) is 13.5. The number of amides is 3. The number of rotatable bonds is 18. The highest BCUT2D eigenvalue weighted by atomic mass is 16.6. The standard InChI is InChI=1S/C39H50N4O6/c1-43(2,25-12-11-21-42-37(44)34-17-9-10-18-35(34)38(42)45)26-28-48-30-29-47-27-24-41-22-19-33(20-23-41)49-39(46)40-36(31-13-5-3-6-14-31)32-15-7-4-8-16-32/h3-10,13-18,33,36H,11-12,19-30H2,1-2H3/p+1. The molecule has 262 valence electrons. The molecule has 3 aromatic carbocycles. The summed E-state index contributed by atoms with van der Waals surface area (Å²) < 4.78 is 18.3. The van der Waals surface area contributed by atoms with Gasteiger partial charge in [-0.05, 0) is 48.9 Å². The Bertz CT molecular complexity index is 1420. The van der Waals surface area contributed by atoms with Crippen LogP contribution in [0.2, 0.25) is 0 Å². The predicted octanol–water partition coefficient (Wildman–Crippen LogP) is 5.15. The molecule has 5 rings (SSSR count). The van der Waals surface area contributed by atoms with Crippen LogP contribution >= 0.6 is 0 Å². The molecule has 0 saturated carbocycles. The Labute approximate surface area is 290 Å². The highest BCUT2D eigenvalue weighted by Gasteiger charge is 2.34. The van der Waals surface area contributed by atoms with Crippen molar-refractivity contribution in [3.63, 3.8) is 0 Å². The van der Waals surface area contributed by atoms with Gasteiger partial charge in [0.05, 0.1) is 64.2 Å². The minimum Gasteiger partial charge on any atom is -0.446 e. The van der Waals surface area contributed by atoms with Gasteiger partial charge >= 0.3 is 6.09 Å². The molecule has 10 heteroatoms. The summed E-state index contributed by atoms with van der Waals surface area (Å²) in [6, 6.07) is 26.7. The lowest BCUT2D eigenvalue weighted by Gasteiger charge is -2.32. The zero-order valence-electron chi connectivity index (χ0n) is 28.9. The first-order valence-electron chi connectivity index (χ1n) is 17.5. The molecule has 1 saturated heterocycles. The molecule has 1 fully saturated rings. The molecule has 3 amide bonds. The molecular weight excluding hydrogens is 620 g/mol. The number of nitrogens with one attached hydrogen (secondary N) is 1. The Morgan fingerprint density at radius 2 is 1.29 bits per heavy atom. The maximum Gasteiger partial charge on any atom is 0.408 e. The summed E-state index contributed by atoms with van der Waals surface area (Å²) in [6.07, 6.45) is 2.82. The van der Waals surface area contributed by atoms with E-state index in [2.05, 4.69) is 24.3 Å². The molecule has 0 radical (unpaired) electrons. The number of unbranched alkanes of at least 4 members (excludes halogenated alkanes) is 1. The first-order valence-corrected chi connectivity index (χ1v) is 17.5. The summed E-state index contributed by atoms with van der Waals surface area (Å²) >= 11 is 0. The number of hydrogen-bond donors (Lipinski definition) is 1. The zero-order chi connectivity index (χ0) is 34.5. The van der Waals surface area contributed by atoms with Crippen molar-refractivity contribution in [2.24, 2.45) is 0 Å². The van der Waals surface area contributed by atoms with Crippen molar-refractivity contribution in [3.05, 3.63) is 107 Å². The fourth-order valence-electron chi connectivity index (χ4n) is 6.40. The van der Waals surface area contributed by atoms with Crippen LogP contribution in [0.1, 0.15) is 63.6 Å². The molecule has 0 atom stereocenters. The van der Waals surface area contributed by atoms with E-state index in [1.165, 1.54) is 4.90 Å². The van der Waals surface area contributed by atoms with E-state index in [-0.39, 0.29) is 30.1 Å². The van der Waals surface area contributed by atoms with Crippen LogP contribution in [0.5, 0.6) is 0 Å². The quantitative estimate of drug-likeness (QED) is 0.114. The highest BCUT2D eigenvalue weighted by molar-refractivity contribution is 6.21. The summed E-state index contributed by atoms with van der Waals surface area (Å²) in [4.78, 5) is 41.7. The molecular formula is C39H51N4O6+. The summed E-state index contributed by atoms with van der Waals surface area (Å²) in [7, 11) is 4.35. The van der Waals surface area contributed by atoms with Crippen molar-refractivity contribution in [1.82, 2.24) is 15.1 Å². The first kappa shape index (κ1) is 36.2. The number of carbonyl (C=O) groups excluding carboxylic acids is 3. The molecule has 0 bridgehead atoms. The largest absolute Gasteiger partial charge is 0.446 e. The molecule has 10 nitrogen and oxygen atoms in total. The number of fused-ring (bicyclic) bond motifs is 1. The van der Waals surface area contributed by atoms with Crippen molar-refractivity contribution < 1.29 is 33.1 Å². The molecule has 49 heavy (non-hydrogen) atoms. The van der Waals surface area contributed by atoms with Crippen LogP contribution in [0.3, 0.4) is 0 Å². The average molecular weight is 672 g/mol. The maximum absolute atomic E-state index is 12.9. The van der Waals surface area contributed by atoms with Gasteiger partial charge in [-0.25, -0.2) is 4.79 Å². The Hall–Kier alpha value is -4.09. The van der Waals surface area contributed by atoms with E-state index >= 15 is 0 Å². The van der Waals surface area contributed by atoms with Crippen LogP contribution in [0, 0.1) is 0 Å². The SMILES string of the molecule is C[N+](C)(CCCCN1C(=O)c2ccccc2C1=O)CCOCCOCCN1CCC(OC(=O)NC(c2ccccc2)c2ccccc2)CC1. The van der Waals surface area contributed by atoms with Gasteiger partial charge in [0, 0.05) is 26.2 Å². The minimum atomic E-state index is -0.388. The summed E-state index contributed by atoms with van der Waals surface area (Å²) in [5.74, 6) is -0.365. The number of likely N-dealkylation sites (tertiary alicyclic amines) is 1. The third kappa shape index (κ3) is 10.7. The van der Waals surface area contributed by atoms with Crippen LogP contribution in [0.25, 0.3) is 0 Å². The summed E-state index contributed by atoms with van der Waals surface area (Å²) in [6.45, 7) is 7.23. The fraction of sp³-hybridized carbons (Fsp3) is 0.462. The Balaban J connectivity index is 0.876. The summed E-state index contributed by atoms with van der Waals surface area (Å²) in [5, 5.41) is 3.08. The van der Waals surface area contributed by atoms with Gasteiger partial charge in [-0.2, -0.15) is 0 Å². The van der Waals surface area contributed by atoms with E-state index < -0.39 is 0 Å². The Morgan fingerprint density at radius 3 is 1.88 bits per heavy atom. The van der Waals surface area contributed by atoms with Gasteiger partial charge in [0.2, 0.25) is 0 Å². The van der Waals surface area contributed by atoms with Crippen molar-refractivity contribution in [3.8, 4) is 0 Å². The molecule has 2 aliphatic heterocycles. The summed E-state index contributed by atoms with van der Waals surface area (Å²) in [5.41, 5.74) is 3.05. The normalized spacial score (nSPS) is 15.5. The van der Waals surface area contributed by atoms with Crippen molar-refractivity contribution >= 4 is 17.9 Å². The Morgan fingerprint density at radius 1 is 0.735 bits per heavy atom. The predicted molar refractivity (Wildman–Crippen MR) is 188 cm³/mol. The van der Waals surface area contributed by atoms with E-state index in [4.69, 9.17) is 14.2 Å². The molecule has 0 unspecified atom stereocenters. The smallest absolute Gasteiger partial charge is 0.408 e. The molecule has 2 heterocycles. The number of carbonyl (C=O) groups is 3. The van der Waals surface area contributed by atoms with Gasteiger partial charge in [0.15, 0.2) is 0 Å². The van der Waals surface area contributed by atoms with Crippen molar-refractivity contribution in [1.29, 1.82) is 0 Å². The number of alkyl carbamates (subject to hydrolysis) is 1.